The molecule has 0 radical (unpaired) electrons. The van der Waals surface area contributed by atoms with Gasteiger partial charge in [0, 0.05) is 56.6 Å². The van der Waals surface area contributed by atoms with Crippen LogP contribution < -0.4 is 10.2 Å². The molecule has 1 N–H and O–H groups in total. The second kappa shape index (κ2) is 9.97. The van der Waals surface area contributed by atoms with Crippen LogP contribution in [0, 0.1) is 0 Å². The molecule has 3 aromatic heterocycles. The molecule has 0 spiro atoms. The number of piperazine rings is 1. The molecule has 0 saturated carbocycles. The molecule has 40 heavy (non-hydrogen) atoms. The predicted molar refractivity (Wildman–Crippen MR) is 141 cm³/mol. The molecular weight excluding hydrogens is 525 g/mol. The number of anilines is 1. The Hall–Kier alpha value is -2.74. The van der Waals surface area contributed by atoms with Crippen molar-refractivity contribution in [2.75, 3.05) is 44.8 Å². The van der Waals surface area contributed by atoms with Crippen molar-refractivity contribution in [2.45, 2.75) is 75.7 Å². The molecule has 4 aliphatic rings. The molecule has 0 amide bonds. The van der Waals surface area contributed by atoms with Crippen molar-refractivity contribution in [3.05, 3.63) is 29.7 Å². The monoisotopic (exact) mass is 560 g/mol. The third-order valence-electron chi connectivity index (χ3n) is 8.72. The molecule has 7 rings (SSSR count). The van der Waals surface area contributed by atoms with Crippen LogP contribution in [0.2, 0.25) is 0 Å². The molecule has 3 aromatic rings. The molecule has 0 aromatic carbocycles. The first kappa shape index (κ1) is 26.2. The Labute approximate surface area is 230 Å². The molecule has 13 heteroatoms. The molecule has 5 atom stereocenters. The molecule has 0 aliphatic carbocycles. The van der Waals surface area contributed by atoms with Crippen LogP contribution in [0.1, 0.15) is 62.7 Å². The molecule has 10 nitrogen and oxygen atoms in total. The van der Waals surface area contributed by atoms with Crippen LogP contribution in [0.5, 0.6) is 0 Å². The number of pyridine rings is 1. The van der Waals surface area contributed by atoms with Gasteiger partial charge in [-0.05, 0) is 52.1 Å². The van der Waals surface area contributed by atoms with Gasteiger partial charge in [0.1, 0.15) is 12.3 Å². The maximum absolute atomic E-state index is 14.6. The lowest BCUT2D eigenvalue weighted by Crippen LogP contribution is -2.50. The first-order valence-electron chi connectivity index (χ1n) is 14.3. The Bertz CT molecular complexity index is 1380. The van der Waals surface area contributed by atoms with E-state index < -0.39 is 11.9 Å². The summed E-state index contributed by atoms with van der Waals surface area (Å²) in [5.74, 6) is 0.278. The molecular formula is C27H35F3N8O2. The Morgan fingerprint density at radius 1 is 1.07 bits per heavy atom. The SMILES string of the molecule is C[C@@H]1CN(C)CCN1c1cc(C2OCC3CCC2N3)nc2c1c(C(F)(F)F)nn2-c1ccn(C2CCCCO2)n1. The minimum atomic E-state index is -4.67. The maximum Gasteiger partial charge on any atom is 0.435 e. The van der Waals surface area contributed by atoms with Crippen LogP contribution in [0.25, 0.3) is 16.9 Å². The number of ether oxygens (including phenoxy) is 2. The van der Waals surface area contributed by atoms with Gasteiger partial charge in [-0.25, -0.2) is 9.67 Å². The van der Waals surface area contributed by atoms with Crippen LogP contribution >= 0.6 is 0 Å². The molecule has 7 heterocycles. The van der Waals surface area contributed by atoms with Crippen LogP contribution in [0.3, 0.4) is 0 Å². The van der Waals surface area contributed by atoms with Crippen LogP contribution in [-0.2, 0) is 15.7 Å². The third-order valence-corrected chi connectivity index (χ3v) is 8.72. The van der Waals surface area contributed by atoms with Crippen LogP contribution in [0.15, 0.2) is 18.3 Å². The molecule has 4 fully saturated rings. The minimum Gasteiger partial charge on any atom is -0.369 e. The molecule has 4 saturated heterocycles. The normalized spacial score (nSPS) is 29.9. The summed E-state index contributed by atoms with van der Waals surface area (Å²) in [6.07, 6.45) is 1.24. The highest BCUT2D eigenvalue weighted by Gasteiger charge is 2.42. The van der Waals surface area contributed by atoms with Gasteiger partial charge in [0.05, 0.1) is 23.4 Å². The lowest BCUT2D eigenvalue weighted by atomic mass is 10.0. The van der Waals surface area contributed by atoms with Crippen molar-refractivity contribution in [2.24, 2.45) is 0 Å². The zero-order valence-corrected chi connectivity index (χ0v) is 22.8. The summed E-state index contributed by atoms with van der Waals surface area (Å²) in [6.45, 7) is 5.33. The zero-order chi connectivity index (χ0) is 27.6. The smallest absolute Gasteiger partial charge is 0.369 e. The van der Waals surface area contributed by atoms with Crippen molar-refractivity contribution in [3.63, 3.8) is 0 Å². The standard InChI is InChI=1S/C27H35F3N8O2/c1-16-14-35(2)10-11-36(16)20-13-19(24-18-7-6-17(31-18)15-40-24)32-26-23(20)25(27(28,29)30)34-38(26)21-8-9-37(33-21)22-5-3-4-12-39-22/h8-9,13,16-18,22,24,31H,3-7,10-12,14-15H2,1-2H3/t16-,17?,18?,22?,24?/m1/s1. The second-order valence-corrected chi connectivity index (χ2v) is 11.6. The molecule has 4 aliphatic heterocycles. The van der Waals surface area contributed by atoms with Gasteiger partial charge in [0.2, 0.25) is 0 Å². The zero-order valence-electron chi connectivity index (χ0n) is 22.8. The number of halogens is 3. The second-order valence-electron chi connectivity index (χ2n) is 11.6. The number of hydrogen-bond donors (Lipinski definition) is 1. The van der Waals surface area contributed by atoms with E-state index in [0.717, 1.165) is 45.2 Å². The van der Waals surface area contributed by atoms with Gasteiger partial charge in [0.25, 0.3) is 0 Å². The number of nitrogens with one attached hydrogen (secondary N) is 1. The van der Waals surface area contributed by atoms with Crippen molar-refractivity contribution < 1.29 is 22.6 Å². The first-order chi connectivity index (χ1) is 19.3. The predicted octanol–water partition coefficient (Wildman–Crippen LogP) is 3.67. The number of hydrogen-bond acceptors (Lipinski definition) is 8. The third kappa shape index (κ3) is 4.56. The maximum atomic E-state index is 14.6. The van der Waals surface area contributed by atoms with Gasteiger partial charge in [-0.15, -0.1) is 0 Å². The van der Waals surface area contributed by atoms with Gasteiger partial charge in [-0.3, -0.25) is 0 Å². The van der Waals surface area contributed by atoms with Gasteiger partial charge < -0.3 is 24.6 Å². The number of morpholine rings is 1. The average molecular weight is 561 g/mol. The van der Waals surface area contributed by atoms with E-state index in [0.29, 0.717) is 37.2 Å². The number of rotatable bonds is 4. The van der Waals surface area contributed by atoms with E-state index in [-0.39, 0.29) is 41.3 Å². The fraction of sp³-hybridized carbons (Fsp3) is 0.667. The Balaban J connectivity index is 1.41. The number of fused-ring (bicyclic) bond motifs is 3. The summed E-state index contributed by atoms with van der Waals surface area (Å²) in [6, 6.07) is 3.88. The minimum absolute atomic E-state index is 0.00388. The lowest BCUT2D eigenvalue weighted by Gasteiger charge is -2.40. The summed E-state index contributed by atoms with van der Waals surface area (Å²) in [5.41, 5.74) is 0.314. The summed E-state index contributed by atoms with van der Waals surface area (Å²) >= 11 is 0. The van der Waals surface area contributed by atoms with Gasteiger partial charge in [-0.1, -0.05) is 0 Å². The Kier molecular flexibility index (Phi) is 6.52. The highest BCUT2D eigenvalue weighted by Crippen LogP contribution is 2.43. The topological polar surface area (TPSA) is 85.5 Å². The highest BCUT2D eigenvalue weighted by molar-refractivity contribution is 5.94. The highest BCUT2D eigenvalue weighted by atomic mass is 19.4. The Morgan fingerprint density at radius 3 is 2.73 bits per heavy atom. The summed E-state index contributed by atoms with van der Waals surface area (Å²) in [5, 5.41) is 12.4. The van der Waals surface area contributed by atoms with Gasteiger partial charge in [0.15, 0.2) is 17.2 Å². The van der Waals surface area contributed by atoms with E-state index in [1.807, 2.05) is 20.0 Å². The molecule has 2 bridgehead atoms. The van der Waals surface area contributed by atoms with Crippen molar-refractivity contribution in [1.29, 1.82) is 0 Å². The van der Waals surface area contributed by atoms with E-state index in [9.17, 15) is 13.2 Å². The number of nitrogens with zero attached hydrogens (tertiary/aromatic N) is 7. The fourth-order valence-electron chi connectivity index (χ4n) is 6.72. The van der Waals surface area contributed by atoms with Crippen LogP contribution in [0.4, 0.5) is 18.9 Å². The van der Waals surface area contributed by atoms with Crippen molar-refractivity contribution >= 4 is 16.7 Å². The molecule has 216 valence electrons. The molecule has 4 unspecified atom stereocenters. The number of likely N-dealkylation sites (N-methyl/N-ethyl adjacent to an activating group) is 1. The number of aromatic nitrogens is 5. The quantitative estimate of drug-likeness (QED) is 0.518. The summed E-state index contributed by atoms with van der Waals surface area (Å²) in [4.78, 5) is 9.12. The summed E-state index contributed by atoms with van der Waals surface area (Å²) < 4.78 is 58.9. The van der Waals surface area contributed by atoms with Crippen molar-refractivity contribution in [3.8, 4) is 5.82 Å². The van der Waals surface area contributed by atoms with E-state index in [4.69, 9.17) is 14.5 Å². The van der Waals surface area contributed by atoms with E-state index >= 15 is 0 Å². The van der Waals surface area contributed by atoms with Crippen molar-refractivity contribution in [1.82, 2.24) is 34.8 Å². The van der Waals surface area contributed by atoms with E-state index in [1.165, 1.54) is 4.68 Å². The Morgan fingerprint density at radius 2 is 1.95 bits per heavy atom. The van der Waals surface area contributed by atoms with E-state index in [1.54, 1.807) is 16.9 Å². The lowest BCUT2D eigenvalue weighted by molar-refractivity contribution is -0.140. The average Bonchev–Trinajstić information content (AvgIpc) is 3.66. The van der Waals surface area contributed by atoms with E-state index in [2.05, 4.69) is 25.3 Å². The first-order valence-corrected chi connectivity index (χ1v) is 14.3. The van der Waals surface area contributed by atoms with Gasteiger partial charge >= 0.3 is 6.18 Å². The van der Waals surface area contributed by atoms with Crippen LogP contribution in [-0.4, -0.2) is 87.5 Å². The fourth-order valence-corrected chi connectivity index (χ4v) is 6.72. The summed E-state index contributed by atoms with van der Waals surface area (Å²) in [7, 11) is 2.03. The number of alkyl halides is 3. The van der Waals surface area contributed by atoms with Gasteiger partial charge in [-0.2, -0.15) is 28.1 Å². The largest absolute Gasteiger partial charge is 0.435 e.